The lowest BCUT2D eigenvalue weighted by Gasteiger charge is -2.37. The van der Waals surface area contributed by atoms with Gasteiger partial charge < -0.3 is 4.90 Å². The fraction of sp³-hybridized carbons (Fsp3) is 0.467. The van der Waals surface area contributed by atoms with Crippen molar-refractivity contribution in [3.63, 3.8) is 0 Å². The summed E-state index contributed by atoms with van der Waals surface area (Å²) in [5, 5.41) is 4.25. The first kappa shape index (κ1) is 13.4. The number of amides is 1. The van der Waals surface area contributed by atoms with Crippen LogP contribution in [0.15, 0.2) is 30.6 Å². The average Bonchev–Trinajstić information content (AvgIpc) is 2.84. The van der Waals surface area contributed by atoms with Gasteiger partial charge in [0.05, 0.1) is 17.3 Å². The second-order valence-corrected chi connectivity index (χ2v) is 5.59. The quantitative estimate of drug-likeness (QED) is 0.794. The Bertz CT molecular complexity index is 606. The molecule has 0 unspecified atom stereocenters. The molecular weight excluding hydrogens is 274 g/mol. The molecule has 0 aliphatic heterocycles. The summed E-state index contributed by atoms with van der Waals surface area (Å²) in [5.74, 6) is 0.673. The van der Waals surface area contributed by atoms with E-state index in [-0.39, 0.29) is 5.91 Å². The van der Waals surface area contributed by atoms with Crippen molar-refractivity contribution in [2.75, 3.05) is 12.4 Å². The summed E-state index contributed by atoms with van der Waals surface area (Å²) in [5.41, 5.74) is 1.56. The molecule has 2 aromatic rings. The van der Waals surface area contributed by atoms with Crippen LogP contribution in [0.25, 0.3) is 5.52 Å². The number of nitrogens with zero attached hydrogens (tertiary/aromatic N) is 3. The first-order valence-electron chi connectivity index (χ1n) is 7.10. The topological polar surface area (TPSA) is 37.6 Å². The van der Waals surface area contributed by atoms with Gasteiger partial charge in [0, 0.05) is 24.7 Å². The van der Waals surface area contributed by atoms with Crippen LogP contribution in [-0.4, -0.2) is 38.9 Å². The van der Waals surface area contributed by atoms with E-state index >= 15 is 0 Å². The summed E-state index contributed by atoms with van der Waals surface area (Å²) < 4.78 is 1.74. The van der Waals surface area contributed by atoms with Gasteiger partial charge in [-0.05, 0) is 37.8 Å². The third-order valence-electron chi connectivity index (χ3n) is 3.97. The Labute approximate surface area is 123 Å². The second kappa shape index (κ2) is 5.83. The van der Waals surface area contributed by atoms with Crippen molar-refractivity contribution in [3.05, 3.63) is 36.2 Å². The highest BCUT2D eigenvalue weighted by molar-refractivity contribution is 6.17. The van der Waals surface area contributed by atoms with Crippen LogP contribution in [0.2, 0.25) is 0 Å². The minimum atomic E-state index is 0.0843. The number of aromatic nitrogens is 2. The van der Waals surface area contributed by atoms with E-state index in [2.05, 4.69) is 5.10 Å². The van der Waals surface area contributed by atoms with Crippen molar-refractivity contribution >= 4 is 23.0 Å². The van der Waals surface area contributed by atoms with Crippen molar-refractivity contribution in [1.82, 2.24) is 14.5 Å². The third kappa shape index (κ3) is 2.40. The molecule has 4 nitrogen and oxygen atoms in total. The molecule has 1 fully saturated rings. The summed E-state index contributed by atoms with van der Waals surface area (Å²) in [6, 6.07) is 6.15. The lowest BCUT2D eigenvalue weighted by molar-refractivity contribution is 0.0583. The predicted molar refractivity (Wildman–Crippen MR) is 79.2 cm³/mol. The number of alkyl halides is 1. The number of pyridine rings is 1. The second-order valence-electron chi connectivity index (χ2n) is 5.21. The zero-order valence-electron chi connectivity index (χ0n) is 11.3. The molecule has 1 aliphatic rings. The Balaban J connectivity index is 1.88. The van der Waals surface area contributed by atoms with E-state index in [1.807, 2.05) is 29.3 Å². The maximum absolute atomic E-state index is 12.8. The van der Waals surface area contributed by atoms with E-state index in [1.54, 1.807) is 10.7 Å². The van der Waals surface area contributed by atoms with Gasteiger partial charge in [-0.3, -0.25) is 4.79 Å². The highest BCUT2D eigenvalue weighted by Crippen LogP contribution is 2.27. The molecule has 0 spiro atoms. The number of hydrogen-bond acceptors (Lipinski definition) is 2. The summed E-state index contributed by atoms with van der Waals surface area (Å²) in [6.45, 7) is 0.733. The fourth-order valence-electron chi connectivity index (χ4n) is 2.63. The van der Waals surface area contributed by atoms with E-state index < -0.39 is 0 Å². The van der Waals surface area contributed by atoms with Gasteiger partial charge in [-0.25, -0.2) is 4.52 Å². The zero-order chi connectivity index (χ0) is 13.9. The van der Waals surface area contributed by atoms with Crippen LogP contribution in [0, 0.1) is 0 Å². The zero-order valence-corrected chi connectivity index (χ0v) is 12.1. The van der Waals surface area contributed by atoms with Gasteiger partial charge in [0.1, 0.15) is 0 Å². The molecule has 1 amide bonds. The highest BCUT2D eigenvalue weighted by atomic mass is 35.5. The number of rotatable bonds is 5. The molecule has 2 heterocycles. The maximum atomic E-state index is 12.8. The Morgan fingerprint density at radius 2 is 2.30 bits per heavy atom. The molecule has 0 bridgehead atoms. The molecule has 0 atom stereocenters. The number of carbonyl (C=O) groups is 1. The number of halogens is 1. The molecule has 1 aliphatic carbocycles. The van der Waals surface area contributed by atoms with Crippen LogP contribution < -0.4 is 0 Å². The molecule has 0 radical (unpaired) electrons. The van der Waals surface area contributed by atoms with Gasteiger partial charge in [-0.15, -0.1) is 11.6 Å². The van der Waals surface area contributed by atoms with Crippen LogP contribution in [0.1, 0.15) is 36.0 Å². The molecule has 0 N–H and O–H groups in total. The highest BCUT2D eigenvalue weighted by Gasteiger charge is 2.30. The monoisotopic (exact) mass is 291 g/mol. The molecule has 106 valence electrons. The first-order chi connectivity index (χ1) is 9.81. The minimum absolute atomic E-state index is 0.0843. The van der Waals surface area contributed by atoms with E-state index in [0.717, 1.165) is 31.3 Å². The van der Waals surface area contributed by atoms with Gasteiger partial charge in [-0.2, -0.15) is 5.10 Å². The van der Waals surface area contributed by atoms with Crippen LogP contribution in [0.5, 0.6) is 0 Å². The van der Waals surface area contributed by atoms with Gasteiger partial charge in [0.15, 0.2) is 0 Å². The Morgan fingerprint density at radius 3 is 3.00 bits per heavy atom. The smallest absolute Gasteiger partial charge is 0.257 e. The lowest BCUT2D eigenvalue weighted by atomic mass is 9.91. The van der Waals surface area contributed by atoms with Gasteiger partial charge in [0.25, 0.3) is 5.91 Å². The van der Waals surface area contributed by atoms with Crippen LogP contribution in [0.4, 0.5) is 0 Å². The van der Waals surface area contributed by atoms with E-state index in [1.165, 1.54) is 6.42 Å². The van der Waals surface area contributed by atoms with E-state index in [9.17, 15) is 4.79 Å². The Kier molecular flexibility index (Phi) is 3.92. The van der Waals surface area contributed by atoms with Crippen LogP contribution >= 0.6 is 11.6 Å². The molecular formula is C15H18ClN3O. The van der Waals surface area contributed by atoms with Crippen molar-refractivity contribution in [3.8, 4) is 0 Å². The number of carbonyl (C=O) groups excluding carboxylic acids is 1. The molecule has 1 saturated carbocycles. The molecule has 0 aromatic carbocycles. The molecule has 0 saturated heterocycles. The van der Waals surface area contributed by atoms with Gasteiger partial charge in [-0.1, -0.05) is 6.07 Å². The Morgan fingerprint density at radius 1 is 1.45 bits per heavy atom. The normalized spacial score (nSPS) is 15.2. The number of fused-ring (bicyclic) bond motifs is 1. The molecule has 3 rings (SSSR count). The summed E-state index contributed by atoms with van der Waals surface area (Å²) in [7, 11) is 0. The Hall–Kier alpha value is -1.55. The SMILES string of the molecule is O=C(c1cnn2ccccc12)N(CCCCl)C1CCC1. The summed E-state index contributed by atoms with van der Waals surface area (Å²) in [6.07, 6.45) is 7.79. The van der Waals surface area contributed by atoms with Crippen LogP contribution in [0.3, 0.4) is 0 Å². The minimum Gasteiger partial charge on any atom is -0.336 e. The summed E-state index contributed by atoms with van der Waals surface area (Å²) >= 11 is 5.78. The fourth-order valence-corrected chi connectivity index (χ4v) is 2.75. The van der Waals surface area contributed by atoms with Crippen molar-refractivity contribution < 1.29 is 4.79 Å². The van der Waals surface area contributed by atoms with Crippen molar-refractivity contribution in [2.45, 2.75) is 31.7 Å². The van der Waals surface area contributed by atoms with E-state index in [4.69, 9.17) is 11.6 Å². The predicted octanol–water partition coefficient (Wildman–Crippen LogP) is 2.96. The lowest BCUT2D eigenvalue weighted by Crippen LogP contribution is -2.44. The standard InChI is InChI=1S/C15H18ClN3O/c16-8-4-9-18(12-5-3-6-12)15(20)13-11-17-19-10-2-1-7-14(13)19/h1-2,7,10-12H,3-6,8-9H2. The van der Waals surface area contributed by atoms with Crippen molar-refractivity contribution in [2.24, 2.45) is 0 Å². The first-order valence-corrected chi connectivity index (χ1v) is 7.64. The van der Waals surface area contributed by atoms with Gasteiger partial charge >= 0.3 is 0 Å². The van der Waals surface area contributed by atoms with Crippen LogP contribution in [-0.2, 0) is 0 Å². The maximum Gasteiger partial charge on any atom is 0.257 e. The van der Waals surface area contributed by atoms with Crippen molar-refractivity contribution in [1.29, 1.82) is 0 Å². The molecule has 5 heteroatoms. The molecule has 2 aromatic heterocycles. The third-order valence-corrected chi connectivity index (χ3v) is 4.23. The average molecular weight is 292 g/mol. The molecule has 20 heavy (non-hydrogen) atoms. The van der Waals surface area contributed by atoms with Gasteiger partial charge in [0.2, 0.25) is 0 Å². The largest absolute Gasteiger partial charge is 0.336 e. The summed E-state index contributed by atoms with van der Waals surface area (Å²) in [4.78, 5) is 14.8. The number of hydrogen-bond donors (Lipinski definition) is 0. The van der Waals surface area contributed by atoms with E-state index in [0.29, 0.717) is 17.5 Å².